The molecule has 0 spiro atoms. The summed E-state index contributed by atoms with van der Waals surface area (Å²) in [5, 5.41) is 6.85. The van der Waals surface area contributed by atoms with Gasteiger partial charge in [0.15, 0.2) is 0 Å². The van der Waals surface area contributed by atoms with Gasteiger partial charge in [-0.15, -0.1) is 17.0 Å². The van der Waals surface area contributed by atoms with E-state index in [-0.39, 0.29) is 44.8 Å². The Morgan fingerprint density at radius 3 is 2.21 bits per heavy atom. The molecule has 14 heavy (non-hydrogen) atoms. The first-order valence-electron chi connectivity index (χ1n) is 3.72. The zero-order chi connectivity index (χ0) is 9.78. The van der Waals surface area contributed by atoms with Crippen LogP contribution in [0.5, 0.6) is 0 Å². The molecule has 0 fully saturated rings. The normalized spacial score (nSPS) is 12.0. The third-order valence-electron chi connectivity index (χ3n) is 1.17. The smallest absolute Gasteiger partial charge is 0.279 e. The van der Waals surface area contributed by atoms with Crippen LogP contribution in [0.2, 0.25) is 0 Å². The van der Waals surface area contributed by atoms with E-state index in [1.54, 1.807) is 0 Å². The minimum atomic E-state index is -0.221. The Bertz CT molecular complexity index is 161. The lowest BCUT2D eigenvalue weighted by molar-refractivity contribution is -0.869. The van der Waals surface area contributed by atoms with Gasteiger partial charge in [-0.25, -0.2) is 0 Å². The van der Waals surface area contributed by atoms with Crippen molar-refractivity contribution in [1.29, 1.82) is 5.41 Å². The van der Waals surface area contributed by atoms with Gasteiger partial charge in [0.05, 0.1) is 32.5 Å². The number of nitrogens with zero attached hydrogens (tertiary/aromatic N) is 1. The van der Waals surface area contributed by atoms with Crippen molar-refractivity contribution in [3.8, 4) is 0 Å². The third kappa shape index (κ3) is 15.2. The molecular formula is C7H18Br3N3O. The van der Waals surface area contributed by atoms with Crippen LogP contribution >= 0.6 is 32.9 Å². The fourth-order valence-corrected chi connectivity index (χ4v) is 1.83. The van der Waals surface area contributed by atoms with Crippen LogP contribution < -0.4 is 22.7 Å². The molecular weight excluding hydrogens is 382 g/mol. The number of amidine groups is 1. The second-order valence-electron chi connectivity index (χ2n) is 3.75. The van der Waals surface area contributed by atoms with Gasteiger partial charge in [0, 0.05) is 0 Å². The van der Waals surface area contributed by atoms with Crippen molar-refractivity contribution in [1.82, 2.24) is 0 Å². The van der Waals surface area contributed by atoms with Gasteiger partial charge in [0.25, 0.3) is 6.02 Å². The van der Waals surface area contributed by atoms with Gasteiger partial charge in [-0.3, -0.25) is 5.41 Å². The van der Waals surface area contributed by atoms with E-state index in [4.69, 9.17) is 15.9 Å². The zero-order valence-electron chi connectivity index (χ0n) is 8.59. The molecule has 0 radical (unpaired) electrons. The Morgan fingerprint density at radius 1 is 1.50 bits per heavy atom. The molecule has 0 aliphatic carbocycles. The molecule has 1 unspecified atom stereocenters. The van der Waals surface area contributed by atoms with Crippen molar-refractivity contribution in [2.24, 2.45) is 5.73 Å². The Labute approximate surface area is 115 Å². The molecule has 0 aliphatic heterocycles. The topological polar surface area (TPSA) is 59.1 Å². The maximum absolute atomic E-state index is 6.85. The minimum Gasteiger partial charge on any atom is -1.00 e. The van der Waals surface area contributed by atoms with Gasteiger partial charge in [-0.1, -0.05) is 15.9 Å². The van der Waals surface area contributed by atoms with Crippen molar-refractivity contribution >= 4 is 38.9 Å². The van der Waals surface area contributed by atoms with Crippen LogP contribution in [0, 0.1) is 5.41 Å². The Kier molecular flexibility index (Phi) is 12.8. The van der Waals surface area contributed by atoms with E-state index in [0.29, 0.717) is 6.61 Å². The average Bonchev–Trinajstić information content (AvgIpc) is 1.79. The van der Waals surface area contributed by atoms with Gasteiger partial charge in [0.1, 0.15) is 6.61 Å². The van der Waals surface area contributed by atoms with Crippen molar-refractivity contribution in [2.75, 3.05) is 34.3 Å². The molecule has 0 heterocycles. The highest BCUT2D eigenvalue weighted by atomic mass is 79.9. The first-order valence-corrected chi connectivity index (χ1v) is 4.64. The molecule has 0 bridgehead atoms. The maximum atomic E-state index is 6.85. The summed E-state index contributed by atoms with van der Waals surface area (Å²) in [6.45, 7) is 1.39. The maximum Gasteiger partial charge on any atom is 0.279 e. The number of nitrogens with two attached hydrogens (primary N) is 1. The standard InChI is InChI=1S/C7H17BrN3O.2BrH/c1-11(2,3)4-6(8)5-12-7(9)10;;/h6H,4-5H2,1-3H3,(H3,9,10);2*1H/q+1;;/p-1. The molecule has 7 heteroatoms. The van der Waals surface area contributed by atoms with Crippen molar-refractivity contribution in [2.45, 2.75) is 4.83 Å². The van der Waals surface area contributed by atoms with Gasteiger partial charge in [-0.2, -0.15) is 0 Å². The molecule has 0 aromatic carbocycles. The fraction of sp³-hybridized carbons (Fsp3) is 0.857. The monoisotopic (exact) mass is 397 g/mol. The number of halogens is 3. The molecule has 3 N–H and O–H groups in total. The fourth-order valence-electron chi connectivity index (χ4n) is 0.827. The second kappa shape index (κ2) is 8.94. The van der Waals surface area contributed by atoms with Crippen LogP contribution in [0.25, 0.3) is 0 Å². The SMILES string of the molecule is Br.C[N+](C)(C)CC(Br)COC(=N)N.[Br-]. The largest absolute Gasteiger partial charge is 1.00 e. The number of quaternary nitrogens is 1. The number of nitrogens with one attached hydrogen (secondary N) is 1. The van der Waals surface area contributed by atoms with Crippen LogP contribution in [0.4, 0.5) is 0 Å². The van der Waals surface area contributed by atoms with Gasteiger partial charge < -0.3 is 31.9 Å². The first kappa shape index (κ1) is 20.1. The molecule has 0 rings (SSSR count). The second-order valence-corrected chi connectivity index (χ2v) is 5.04. The van der Waals surface area contributed by atoms with E-state index < -0.39 is 0 Å². The minimum absolute atomic E-state index is 0. The molecule has 0 amide bonds. The molecule has 0 saturated heterocycles. The predicted molar refractivity (Wildman–Crippen MR) is 63.8 cm³/mol. The lowest BCUT2D eigenvalue weighted by Gasteiger charge is -2.26. The van der Waals surface area contributed by atoms with E-state index >= 15 is 0 Å². The molecule has 88 valence electrons. The van der Waals surface area contributed by atoms with Gasteiger partial charge in [-0.05, 0) is 0 Å². The summed E-state index contributed by atoms with van der Waals surface area (Å²) in [6.07, 6.45) is 0. The van der Waals surface area contributed by atoms with Crippen LogP contribution in [-0.2, 0) is 4.74 Å². The van der Waals surface area contributed by atoms with Crippen LogP contribution in [0.3, 0.4) is 0 Å². The predicted octanol–water partition coefficient (Wildman–Crippen LogP) is -2.05. The Morgan fingerprint density at radius 2 is 1.93 bits per heavy atom. The van der Waals surface area contributed by atoms with Crippen LogP contribution in [-0.4, -0.2) is 49.6 Å². The summed E-state index contributed by atoms with van der Waals surface area (Å²) < 4.78 is 5.71. The number of ether oxygens (including phenoxy) is 1. The van der Waals surface area contributed by atoms with Crippen LogP contribution in [0.1, 0.15) is 0 Å². The number of hydrogen-bond donors (Lipinski definition) is 2. The lowest BCUT2D eigenvalue weighted by atomic mass is 10.4. The highest BCUT2D eigenvalue weighted by Crippen LogP contribution is 2.05. The van der Waals surface area contributed by atoms with Crippen LogP contribution in [0.15, 0.2) is 0 Å². The molecule has 0 aromatic rings. The number of rotatable bonds is 4. The van der Waals surface area contributed by atoms with Crippen molar-refractivity contribution in [3.63, 3.8) is 0 Å². The lowest BCUT2D eigenvalue weighted by Crippen LogP contribution is -3.00. The van der Waals surface area contributed by atoms with E-state index in [1.165, 1.54) is 0 Å². The first-order chi connectivity index (χ1) is 5.31. The summed E-state index contributed by atoms with van der Waals surface area (Å²) in [5.41, 5.74) is 5.04. The van der Waals surface area contributed by atoms with Gasteiger partial charge >= 0.3 is 0 Å². The molecule has 1 atom stereocenters. The van der Waals surface area contributed by atoms with E-state index in [9.17, 15) is 0 Å². The van der Waals surface area contributed by atoms with E-state index in [1.807, 2.05) is 0 Å². The molecule has 4 nitrogen and oxygen atoms in total. The zero-order valence-corrected chi connectivity index (χ0v) is 13.5. The summed E-state index contributed by atoms with van der Waals surface area (Å²) in [7, 11) is 6.30. The molecule has 0 saturated carbocycles. The highest BCUT2D eigenvalue weighted by Gasteiger charge is 2.15. The van der Waals surface area contributed by atoms with Crippen molar-refractivity contribution in [3.05, 3.63) is 0 Å². The number of alkyl halides is 1. The highest BCUT2D eigenvalue weighted by molar-refractivity contribution is 9.09. The Balaban J connectivity index is -0.000000605. The third-order valence-corrected chi connectivity index (χ3v) is 1.72. The van der Waals surface area contributed by atoms with Crippen molar-refractivity contribution < 1.29 is 26.2 Å². The molecule has 0 aliphatic rings. The summed E-state index contributed by atoms with van der Waals surface area (Å²) in [6, 6.07) is -0.221. The summed E-state index contributed by atoms with van der Waals surface area (Å²) >= 11 is 3.45. The number of hydrogen-bond acceptors (Lipinski definition) is 2. The quantitative estimate of drug-likeness (QED) is 0.247. The van der Waals surface area contributed by atoms with E-state index in [0.717, 1.165) is 11.0 Å². The summed E-state index contributed by atoms with van der Waals surface area (Å²) in [5.74, 6) is 0. The van der Waals surface area contributed by atoms with Gasteiger partial charge in [0.2, 0.25) is 0 Å². The Hall–Kier alpha value is 0.670. The summed E-state index contributed by atoms with van der Waals surface area (Å²) in [4.78, 5) is 0.237. The molecule has 0 aromatic heterocycles. The van der Waals surface area contributed by atoms with E-state index in [2.05, 4.69) is 37.1 Å². The average molecular weight is 400 g/mol.